The van der Waals surface area contributed by atoms with Crippen LogP contribution in [0.4, 0.5) is 0 Å². The molecule has 4 aromatic rings. The molecule has 1 aliphatic rings. The number of carbonyl (C=O) groups is 1. The van der Waals surface area contributed by atoms with Crippen molar-refractivity contribution in [2.45, 2.75) is 46.1 Å². The van der Waals surface area contributed by atoms with Crippen LogP contribution in [0.2, 0.25) is 0 Å². The number of aromatic nitrogens is 1. The van der Waals surface area contributed by atoms with Crippen LogP contribution in [0.15, 0.2) is 93.9 Å². The van der Waals surface area contributed by atoms with E-state index in [4.69, 9.17) is 18.9 Å². The van der Waals surface area contributed by atoms with Crippen molar-refractivity contribution >= 4 is 23.4 Å². The second-order valence-corrected chi connectivity index (χ2v) is 12.6. The number of allylic oxidation sites excluding steroid dienone is 1. The molecular formula is C36H38N2O6S. The lowest BCUT2D eigenvalue weighted by Gasteiger charge is -2.24. The molecule has 0 saturated carbocycles. The summed E-state index contributed by atoms with van der Waals surface area (Å²) in [7, 11) is 1.59. The number of carbonyl (C=O) groups excluding carboxylic acids is 1. The third-order valence-corrected chi connectivity index (χ3v) is 8.45. The lowest BCUT2D eigenvalue weighted by Crippen LogP contribution is -2.39. The smallest absolute Gasteiger partial charge is 0.338 e. The molecule has 1 aliphatic heterocycles. The highest BCUT2D eigenvalue weighted by Crippen LogP contribution is 2.31. The van der Waals surface area contributed by atoms with Crippen molar-refractivity contribution in [2.75, 3.05) is 26.9 Å². The number of benzene rings is 3. The number of nitrogens with zero attached hydrogens (tertiary/aromatic N) is 2. The van der Waals surface area contributed by atoms with E-state index in [-0.39, 0.29) is 17.6 Å². The van der Waals surface area contributed by atoms with Gasteiger partial charge in [-0.15, -0.1) is 0 Å². The Hall–Kier alpha value is -4.63. The van der Waals surface area contributed by atoms with Gasteiger partial charge in [0.25, 0.3) is 5.56 Å². The Labute approximate surface area is 266 Å². The molecule has 0 amide bonds. The first-order valence-electron chi connectivity index (χ1n) is 14.9. The van der Waals surface area contributed by atoms with E-state index in [0.717, 1.165) is 16.9 Å². The molecule has 2 heterocycles. The van der Waals surface area contributed by atoms with E-state index in [2.05, 4.69) is 37.9 Å². The van der Waals surface area contributed by atoms with E-state index in [9.17, 15) is 9.59 Å². The normalized spacial score (nSPS) is 14.9. The van der Waals surface area contributed by atoms with Gasteiger partial charge in [0.1, 0.15) is 30.5 Å². The topological polar surface area (TPSA) is 88.4 Å². The largest absolute Gasteiger partial charge is 0.497 e. The van der Waals surface area contributed by atoms with Crippen LogP contribution < -0.4 is 29.1 Å². The fourth-order valence-electron chi connectivity index (χ4n) is 5.07. The number of ether oxygens (including phenoxy) is 4. The second-order valence-electron chi connectivity index (χ2n) is 11.6. The van der Waals surface area contributed by atoms with Gasteiger partial charge in [0, 0.05) is 0 Å². The molecule has 3 aromatic carbocycles. The Kier molecular flexibility index (Phi) is 9.58. The standard InChI is InChI=1S/C36H38N2O6S/c1-7-42-34(40)31-23(2)37-35-38(32(31)25-10-16-27(41-6)17-11-25)33(39)30(45-35)22-24-8-14-28(15-9-24)43-20-21-44-29-18-12-26(13-19-29)36(3,4)5/h8-19,22,32H,7,20-21H2,1-6H3/b30-22+/t32-/m0/s1. The van der Waals surface area contributed by atoms with E-state index < -0.39 is 12.0 Å². The lowest BCUT2D eigenvalue weighted by atomic mass is 9.87. The zero-order valence-electron chi connectivity index (χ0n) is 26.5. The molecule has 0 fully saturated rings. The summed E-state index contributed by atoms with van der Waals surface area (Å²) in [5, 5.41) is 0. The van der Waals surface area contributed by atoms with Crippen LogP contribution in [0.5, 0.6) is 17.2 Å². The minimum atomic E-state index is -0.678. The van der Waals surface area contributed by atoms with Crippen molar-refractivity contribution in [1.29, 1.82) is 0 Å². The Morgan fingerprint density at radius 3 is 2.04 bits per heavy atom. The molecule has 8 nitrogen and oxygen atoms in total. The summed E-state index contributed by atoms with van der Waals surface area (Å²) < 4.78 is 24.5. The number of rotatable bonds is 10. The average Bonchev–Trinajstić information content (AvgIpc) is 3.33. The predicted octanol–water partition coefficient (Wildman–Crippen LogP) is 5.56. The monoisotopic (exact) mass is 626 g/mol. The minimum Gasteiger partial charge on any atom is -0.497 e. The summed E-state index contributed by atoms with van der Waals surface area (Å²) in [5.41, 5.74) is 3.58. The van der Waals surface area contributed by atoms with Crippen LogP contribution in [0, 0.1) is 0 Å². The summed E-state index contributed by atoms with van der Waals surface area (Å²) in [6.45, 7) is 11.1. The Morgan fingerprint density at radius 1 is 0.911 bits per heavy atom. The predicted molar refractivity (Wildman–Crippen MR) is 176 cm³/mol. The quantitative estimate of drug-likeness (QED) is 0.169. The zero-order chi connectivity index (χ0) is 32.1. The number of methoxy groups -OCH3 is 1. The van der Waals surface area contributed by atoms with Crippen molar-refractivity contribution in [3.63, 3.8) is 0 Å². The number of esters is 1. The summed E-state index contributed by atoms with van der Waals surface area (Å²) in [5.74, 6) is 1.69. The van der Waals surface area contributed by atoms with Gasteiger partial charge in [0.15, 0.2) is 4.80 Å². The van der Waals surface area contributed by atoms with E-state index in [0.29, 0.717) is 45.3 Å². The molecule has 0 N–H and O–H groups in total. The van der Waals surface area contributed by atoms with Crippen LogP contribution in [0.3, 0.4) is 0 Å². The molecule has 1 aromatic heterocycles. The maximum atomic E-state index is 13.8. The van der Waals surface area contributed by atoms with Gasteiger partial charge in [0.2, 0.25) is 0 Å². The lowest BCUT2D eigenvalue weighted by molar-refractivity contribution is -0.139. The molecule has 0 aliphatic carbocycles. The van der Waals surface area contributed by atoms with Crippen LogP contribution in [-0.2, 0) is 14.9 Å². The Bertz CT molecular complexity index is 1860. The first kappa shape index (κ1) is 31.8. The van der Waals surface area contributed by atoms with Gasteiger partial charge >= 0.3 is 5.97 Å². The van der Waals surface area contributed by atoms with Crippen molar-refractivity contribution in [3.8, 4) is 17.2 Å². The number of fused-ring (bicyclic) bond motifs is 1. The van der Waals surface area contributed by atoms with Crippen LogP contribution in [0.25, 0.3) is 6.08 Å². The second kappa shape index (κ2) is 13.6. The van der Waals surface area contributed by atoms with Crippen LogP contribution in [0.1, 0.15) is 57.4 Å². The third-order valence-electron chi connectivity index (χ3n) is 7.47. The molecule has 0 radical (unpaired) electrons. The Morgan fingerprint density at radius 2 is 1.49 bits per heavy atom. The van der Waals surface area contributed by atoms with Gasteiger partial charge in [-0.25, -0.2) is 9.79 Å². The highest BCUT2D eigenvalue weighted by molar-refractivity contribution is 7.07. The van der Waals surface area contributed by atoms with Crippen LogP contribution in [-0.4, -0.2) is 37.5 Å². The van der Waals surface area contributed by atoms with Gasteiger partial charge in [-0.2, -0.15) is 0 Å². The number of hydrogen-bond donors (Lipinski definition) is 0. The van der Waals surface area contributed by atoms with Gasteiger partial charge in [-0.05, 0) is 78.4 Å². The molecule has 234 valence electrons. The summed E-state index contributed by atoms with van der Waals surface area (Å²) >= 11 is 1.28. The van der Waals surface area contributed by atoms with E-state index in [1.165, 1.54) is 16.9 Å². The van der Waals surface area contributed by atoms with Crippen molar-refractivity contribution in [1.82, 2.24) is 4.57 Å². The minimum absolute atomic E-state index is 0.0983. The van der Waals surface area contributed by atoms with E-state index in [1.807, 2.05) is 66.7 Å². The van der Waals surface area contributed by atoms with E-state index in [1.54, 1.807) is 25.5 Å². The number of thiazole rings is 1. The summed E-state index contributed by atoms with van der Waals surface area (Å²) in [6, 6.07) is 22.3. The molecule has 0 unspecified atom stereocenters. The first-order chi connectivity index (χ1) is 21.6. The third kappa shape index (κ3) is 7.20. The fourth-order valence-corrected chi connectivity index (χ4v) is 6.12. The molecule has 0 saturated heterocycles. The molecule has 1 atom stereocenters. The molecule has 0 bridgehead atoms. The highest BCUT2D eigenvalue weighted by atomic mass is 32.1. The van der Waals surface area contributed by atoms with Crippen LogP contribution >= 0.6 is 11.3 Å². The zero-order valence-corrected chi connectivity index (χ0v) is 27.3. The van der Waals surface area contributed by atoms with Gasteiger partial charge in [-0.3, -0.25) is 9.36 Å². The van der Waals surface area contributed by atoms with Crippen molar-refractivity contribution < 1.29 is 23.7 Å². The molecule has 45 heavy (non-hydrogen) atoms. The van der Waals surface area contributed by atoms with Gasteiger partial charge in [0.05, 0.1) is 35.6 Å². The van der Waals surface area contributed by atoms with Crippen molar-refractivity contribution in [3.05, 3.63) is 120 Å². The fraction of sp³-hybridized carbons (Fsp3) is 0.306. The van der Waals surface area contributed by atoms with Gasteiger partial charge in [-0.1, -0.05) is 68.5 Å². The average molecular weight is 627 g/mol. The number of hydrogen-bond acceptors (Lipinski definition) is 8. The summed E-state index contributed by atoms with van der Waals surface area (Å²) in [6.07, 6.45) is 1.83. The molecule has 0 spiro atoms. The van der Waals surface area contributed by atoms with E-state index >= 15 is 0 Å². The van der Waals surface area contributed by atoms with Crippen molar-refractivity contribution in [2.24, 2.45) is 4.99 Å². The molecular weight excluding hydrogens is 588 g/mol. The molecule has 9 heteroatoms. The molecule has 5 rings (SSSR count). The summed E-state index contributed by atoms with van der Waals surface area (Å²) in [4.78, 5) is 32.1. The SMILES string of the molecule is CCOC(=O)C1=C(C)N=c2s/c(=C/c3ccc(OCCOc4ccc(C(C)(C)C)cc4)cc3)c(=O)n2[C@H]1c1ccc(OC)cc1. The Balaban J connectivity index is 1.33. The maximum Gasteiger partial charge on any atom is 0.338 e. The highest BCUT2D eigenvalue weighted by Gasteiger charge is 2.33. The van der Waals surface area contributed by atoms with Gasteiger partial charge < -0.3 is 18.9 Å². The maximum absolute atomic E-state index is 13.8. The first-order valence-corrected chi connectivity index (χ1v) is 15.7.